The Morgan fingerprint density at radius 1 is 0.341 bits per heavy atom. The molecule has 0 fully saturated rings. The van der Waals surface area contributed by atoms with Crippen LogP contribution in [0.4, 0.5) is 87.8 Å². The van der Waals surface area contributed by atoms with Crippen molar-refractivity contribution < 1.29 is 87.8 Å². The smallest absolute Gasteiger partial charge is 0.245 e. The first kappa shape index (κ1) is 39.7. The Morgan fingerprint density at radius 3 is 0.561 bits per heavy atom. The molecule has 0 aliphatic heterocycles. The van der Waals surface area contributed by atoms with E-state index in [0.717, 1.165) is 0 Å². The van der Waals surface area contributed by atoms with Gasteiger partial charge in [-0.25, -0.2) is 87.8 Å². The summed E-state index contributed by atoms with van der Waals surface area (Å²) in [5, 5.41) is 0. The summed E-state index contributed by atoms with van der Waals surface area (Å²) in [6.45, 7) is 0.197. The highest BCUT2D eigenvalue weighted by Crippen LogP contribution is 2.69. The molecule has 4 unspecified atom stereocenters. The van der Waals surface area contributed by atoms with Crippen molar-refractivity contribution in [2.45, 2.75) is 125 Å². The molecule has 0 N–H and O–H groups in total. The van der Waals surface area contributed by atoms with Crippen LogP contribution in [0.2, 0.25) is 0 Å². The summed E-state index contributed by atoms with van der Waals surface area (Å²) in [6.07, 6.45) is -39.1. The summed E-state index contributed by atoms with van der Waals surface area (Å²) in [4.78, 5) is 0. The van der Waals surface area contributed by atoms with Crippen molar-refractivity contribution in [2.24, 2.45) is 0 Å². The molecule has 41 heavy (non-hydrogen) atoms. The maximum atomic E-state index is 15.4. The maximum absolute atomic E-state index is 15.4. The molecule has 0 aromatic heterocycles. The van der Waals surface area contributed by atoms with Crippen LogP contribution in [0.25, 0.3) is 0 Å². The normalized spacial score (nSPS) is 19.9. The Balaban J connectivity index is 9.16. The molecule has 4 atom stereocenters. The van der Waals surface area contributed by atoms with Crippen molar-refractivity contribution in [3.63, 3.8) is 0 Å². The zero-order chi connectivity index (χ0) is 33.6. The second-order valence-corrected chi connectivity index (χ2v) is 9.35. The van der Waals surface area contributed by atoms with Gasteiger partial charge in [-0.05, 0) is 25.7 Å². The van der Waals surface area contributed by atoms with Crippen molar-refractivity contribution >= 4 is 6.15 Å². The summed E-state index contributed by atoms with van der Waals surface area (Å²) < 4.78 is 295. The van der Waals surface area contributed by atoms with Gasteiger partial charge in [0.2, 0.25) is 23.3 Å². The van der Waals surface area contributed by atoms with E-state index in [1.807, 2.05) is 0 Å². The van der Waals surface area contributed by atoms with Gasteiger partial charge >= 0.3 is 29.8 Å². The van der Waals surface area contributed by atoms with Gasteiger partial charge in [0.15, 0.2) is 24.7 Å². The molecule has 0 aliphatic carbocycles. The van der Waals surface area contributed by atoms with Crippen molar-refractivity contribution in [1.29, 1.82) is 0 Å². The zero-order valence-electron chi connectivity index (χ0n) is 21.3. The van der Waals surface area contributed by atoms with Gasteiger partial charge < -0.3 is 0 Å². The van der Waals surface area contributed by atoms with Crippen LogP contribution < -0.4 is 0 Å². The number of hydrogen-bond donors (Lipinski definition) is 0. The lowest BCUT2D eigenvalue weighted by atomic mass is 9.08. The fourth-order valence-electron chi connectivity index (χ4n) is 4.38. The van der Waals surface area contributed by atoms with Crippen molar-refractivity contribution in [1.82, 2.24) is 0 Å². The van der Waals surface area contributed by atoms with E-state index in [-0.39, 0.29) is 27.7 Å². The summed E-state index contributed by atoms with van der Waals surface area (Å²) in [6, 6.07) is 0. The van der Waals surface area contributed by atoms with E-state index in [9.17, 15) is 52.7 Å². The molecule has 0 saturated carbocycles. The van der Waals surface area contributed by atoms with Crippen molar-refractivity contribution in [3.05, 3.63) is 0 Å². The maximum Gasteiger partial charge on any atom is 0.338 e. The standard InChI is InChI=1S/C20H24BF20/c1-5-9(22)13(26,27)17(34,35)21(18(36,37)14(28,29)10(23)6-2,19(38,39)15(30,31)11(24)7-3)20(40,41)16(32,33)12(25)8-4/h9-12H,5-8H2,1-4H3/q-1. The van der Waals surface area contributed by atoms with Gasteiger partial charge in [0.25, 0.3) is 0 Å². The third-order valence-corrected chi connectivity index (χ3v) is 6.96. The van der Waals surface area contributed by atoms with E-state index >= 15 is 35.1 Å². The lowest BCUT2D eigenvalue weighted by Crippen LogP contribution is -2.95. The minimum Gasteiger partial charge on any atom is -0.245 e. The lowest BCUT2D eigenvalue weighted by molar-refractivity contribution is -0.292. The molecule has 21 heteroatoms. The SMILES string of the molecule is CCC(F)C(F)(F)C(F)(F)[B-](C(F)(F)C(F)(F)C(F)CC)(C(F)(F)C(F)(F)C(F)CC)C(F)(F)C(F)(F)C(F)CC. The second kappa shape index (κ2) is 11.6. The molecule has 0 amide bonds. The Kier molecular flexibility index (Phi) is 11.3. The molecule has 0 radical (unpaired) electrons. The van der Waals surface area contributed by atoms with Gasteiger partial charge in [-0.1, -0.05) is 27.7 Å². The van der Waals surface area contributed by atoms with Gasteiger partial charge in [-0.2, -0.15) is 0 Å². The minimum atomic E-state index is -10.5. The van der Waals surface area contributed by atoms with Crippen LogP contribution in [-0.2, 0) is 0 Å². The van der Waals surface area contributed by atoms with E-state index in [2.05, 4.69) is 0 Å². The van der Waals surface area contributed by atoms with E-state index < -0.39 is 103 Å². The molecular weight excluding hydrogens is 631 g/mol. The third kappa shape index (κ3) is 4.93. The van der Waals surface area contributed by atoms with Crippen LogP contribution in [-0.4, -0.2) is 77.8 Å². The molecule has 0 aliphatic rings. The van der Waals surface area contributed by atoms with Crippen LogP contribution in [0.15, 0.2) is 0 Å². The van der Waals surface area contributed by atoms with Gasteiger partial charge in [0.1, 0.15) is 0 Å². The van der Waals surface area contributed by atoms with Crippen LogP contribution in [0.5, 0.6) is 0 Å². The molecule has 0 aromatic carbocycles. The zero-order valence-corrected chi connectivity index (χ0v) is 21.3. The monoisotopic (exact) mass is 655 g/mol. The number of rotatable bonds is 16. The molecule has 0 nitrogen and oxygen atoms in total. The highest BCUT2D eigenvalue weighted by molar-refractivity contribution is 6.89. The highest BCUT2D eigenvalue weighted by Gasteiger charge is 3.00. The first-order valence-corrected chi connectivity index (χ1v) is 11.7. The molecule has 0 spiro atoms. The molecular formula is C20H24BF20-. The predicted molar refractivity (Wildman–Crippen MR) is 106 cm³/mol. The summed E-state index contributed by atoms with van der Waals surface area (Å²) in [7, 11) is 0. The van der Waals surface area contributed by atoms with Crippen LogP contribution in [0.3, 0.4) is 0 Å². The summed E-state index contributed by atoms with van der Waals surface area (Å²) in [5.74, 6) is -66.0. The van der Waals surface area contributed by atoms with Gasteiger partial charge in [-0.15, -0.1) is 0 Å². The Morgan fingerprint density at radius 2 is 0.463 bits per heavy atom. The average Bonchev–Trinajstić information content (AvgIpc) is 2.85. The second-order valence-electron chi connectivity index (χ2n) is 9.35. The fourth-order valence-corrected chi connectivity index (χ4v) is 4.38. The Bertz CT molecular complexity index is 729. The Hall–Kier alpha value is -1.34. The third-order valence-electron chi connectivity index (χ3n) is 6.96. The quantitative estimate of drug-likeness (QED) is 0.115. The predicted octanol–water partition coefficient (Wildman–Crippen LogP) is 9.67. The van der Waals surface area contributed by atoms with Crippen molar-refractivity contribution in [3.8, 4) is 0 Å². The van der Waals surface area contributed by atoms with Gasteiger partial charge in [-0.3, -0.25) is 0 Å². The molecule has 0 saturated heterocycles. The average molecular weight is 655 g/mol. The van der Waals surface area contributed by atoms with E-state index in [0.29, 0.717) is 0 Å². The molecule has 0 heterocycles. The fraction of sp³-hybridized carbons (Fsp3) is 1.00. The first-order valence-electron chi connectivity index (χ1n) is 11.7. The van der Waals surface area contributed by atoms with Crippen LogP contribution in [0, 0.1) is 0 Å². The minimum absolute atomic E-state index is 0.0492. The molecule has 0 rings (SSSR count). The molecule has 0 bridgehead atoms. The number of alkyl halides is 20. The lowest BCUT2D eigenvalue weighted by Gasteiger charge is -2.62. The highest BCUT2D eigenvalue weighted by atomic mass is 19.4. The van der Waals surface area contributed by atoms with E-state index in [1.165, 1.54) is 0 Å². The molecule has 248 valence electrons. The Labute approximate surface area is 220 Å². The first-order chi connectivity index (χ1) is 17.9. The number of hydrogen-bond acceptors (Lipinski definition) is 0. The largest absolute Gasteiger partial charge is 0.338 e. The topological polar surface area (TPSA) is 0 Å². The molecule has 0 aromatic rings. The van der Waals surface area contributed by atoms with Gasteiger partial charge in [0.05, 0.1) is 0 Å². The number of halogens is 20. The van der Waals surface area contributed by atoms with E-state index in [4.69, 9.17) is 0 Å². The summed E-state index contributed by atoms with van der Waals surface area (Å²) in [5.41, 5.74) is 0. The summed E-state index contributed by atoms with van der Waals surface area (Å²) >= 11 is 0. The van der Waals surface area contributed by atoms with Gasteiger partial charge in [0, 0.05) is 0 Å². The van der Waals surface area contributed by atoms with Crippen LogP contribution >= 0.6 is 0 Å². The van der Waals surface area contributed by atoms with E-state index in [1.54, 1.807) is 0 Å². The van der Waals surface area contributed by atoms with Crippen molar-refractivity contribution in [2.75, 3.05) is 0 Å². The van der Waals surface area contributed by atoms with Crippen LogP contribution in [0.1, 0.15) is 53.4 Å².